The number of hydrogen-bond acceptors (Lipinski definition) is 5. The van der Waals surface area contributed by atoms with Gasteiger partial charge in [-0.3, -0.25) is 4.79 Å². The molecule has 0 aromatic heterocycles. The normalized spacial score (nSPS) is 19.5. The molecule has 0 radical (unpaired) electrons. The largest absolute Gasteiger partial charge is 0.494 e. The van der Waals surface area contributed by atoms with Crippen LogP contribution in [0.3, 0.4) is 0 Å². The lowest BCUT2D eigenvalue weighted by molar-refractivity contribution is 0.0517. The van der Waals surface area contributed by atoms with Crippen LogP contribution in [-0.4, -0.2) is 68.8 Å². The molecule has 1 atom stereocenters. The maximum atomic E-state index is 13.4. The SMILES string of the molecule is COc1cc2c(cc1OC)C(=O)N(C1CCCN(CCCOc3ccc4c(c3)CCC4)C1)CC2.Cl. The number of carbonyl (C=O) groups excluding carboxylic acids is 1. The summed E-state index contributed by atoms with van der Waals surface area (Å²) in [4.78, 5) is 18.0. The molecule has 6 nitrogen and oxygen atoms in total. The van der Waals surface area contributed by atoms with Crippen molar-refractivity contribution in [3.8, 4) is 17.2 Å². The van der Waals surface area contributed by atoms with Crippen molar-refractivity contribution in [2.45, 2.75) is 51.0 Å². The third kappa shape index (κ3) is 5.54. The van der Waals surface area contributed by atoms with Crippen molar-refractivity contribution in [1.29, 1.82) is 0 Å². The highest BCUT2D eigenvalue weighted by molar-refractivity contribution is 5.97. The molecule has 35 heavy (non-hydrogen) atoms. The second-order valence-electron chi connectivity index (χ2n) is 9.70. The summed E-state index contributed by atoms with van der Waals surface area (Å²) in [7, 11) is 3.25. The Morgan fingerprint density at radius 3 is 2.54 bits per heavy atom. The number of rotatable bonds is 8. The summed E-state index contributed by atoms with van der Waals surface area (Å²) in [5.41, 5.74) is 4.75. The van der Waals surface area contributed by atoms with Gasteiger partial charge in [-0.15, -0.1) is 12.4 Å². The van der Waals surface area contributed by atoms with Crippen LogP contribution in [0.1, 0.15) is 52.7 Å². The molecular formula is C28H37ClN2O4. The molecule has 190 valence electrons. The average Bonchev–Trinajstić information content (AvgIpc) is 3.34. The van der Waals surface area contributed by atoms with E-state index in [-0.39, 0.29) is 24.4 Å². The molecule has 1 unspecified atom stereocenters. The molecule has 3 aliphatic rings. The van der Waals surface area contributed by atoms with E-state index in [9.17, 15) is 4.79 Å². The molecule has 0 saturated carbocycles. The molecule has 0 spiro atoms. The van der Waals surface area contributed by atoms with Gasteiger partial charge in [-0.2, -0.15) is 0 Å². The van der Waals surface area contributed by atoms with Crippen LogP contribution in [0.15, 0.2) is 30.3 Å². The number of ether oxygens (including phenoxy) is 3. The topological polar surface area (TPSA) is 51.2 Å². The van der Waals surface area contributed by atoms with Crippen molar-refractivity contribution in [3.63, 3.8) is 0 Å². The second-order valence-corrected chi connectivity index (χ2v) is 9.70. The number of hydrogen-bond donors (Lipinski definition) is 0. The van der Waals surface area contributed by atoms with E-state index in [1.807, 2.05) is 12.1 Å². The number of halogens is 1. The number of benzene rings is 2. The van der Waals surface area contributed by atoms with E-state index < -0.39 is 0 Å². The van der Waals surface area contributed by atoms with Crippen LogP contribution in [0.25, 0.3) is 0 Å². The van der Waals surface area contributed by atoms with Crippen LogP contribution in [0.2, 0.25) is 0 Å². The molecule has 2 aliphatic heterocycles. The smallest absolute Gasteiger partial charge is 0.254 e. The number of methoxy groups -OCH3 is 2. The molecule has 1 amide bonds. The fourth-order valence-electron chi connectivity index (χ4n) is 5.78. The monoisotopic (exact) mass is 500 g/mol. The number of fused-ring (bicyclic) bond motifs is 2. The van der Waals surface area contributed by atoms with Gasteiger partial charge < -0.3 is 24.0 Å². The Labute approximate surface area is 214 Å². The fraction of sp³-hybridized carbons (Fsp3) is 0.536. The Hall–Kier alpha value is -2.44. The van der Waals surface area contributed by atoms with Crippen LogP contribution in [0.5, 0.6) is 17.2 Å². The Kier molecular flexibility index (Phi) is 8.45. The Morgan fingerprint density at radius 1 is 0.914 bits per heavy atom. The van der Waals surface area contributed by atoms with Crippen molar-refractivity contribution in [1.82, 2.24) is 9.80 Å². The zero-order valence-corrected chi connectivity index (χ0v) is 21.7. The Balaban J connectivity index is 0.00000289. The first-order valence-electron chi connectivity index (χ1n) is 12.7. The predicted molar refractivity (Wildman–Crippen MR) is 140 cm³/mol. The minimum absolute atomic E-state index is 0. The minimum Gasteiger partial charge on any atom is -0.494 e. The molecule has 7 heteroatoms. The number of aryl methyl sites for hydroxylation is 2. The van der Waals surface area contributed by atoms with Gasteiger partial charge in [0.05, 0.1) is 20.8 Å². The van der Waals surface area contributed by atoms with E-state index in [4.69, 9.17) is 14.2 Å². The van der Waals surface area contributed by atoms with Crippen molar-refractivity contribution < 1.29 is 19.0 Å². The second kappa shape index (κ2) is 11.5. The quantitative estimate of drug-likeness (QED) is 0.498. The zero-order valence-electron chi connectivity index (χ0n) is 20.9. The zero-order chi connectivity index (χ0) is 23.5. The molecule has 2 heterocycles. The third-order valence-electron chi connectivity index (χ3n) is 7.60. The third-order valence-corrected chi connectivity index (χ3v) is 7.60. The lowest BCUT2D eigenvalue weighted by atomic mass is 9.94. The number of amides is 1. The summed E-state index contributed by atoms with van der Waals surface area (Å²) in [5, 5.41) is 0. The van der Waals surface area contributed by atoms with E-state index in [0.717, 1.165) is 75.3 Å². The van der Waals surface area contributed by atoms with Gasteiger partial charge in [-0.25, -0.2) is 0 Å². The molecule has 5 rings (SSSR count). The highest BCUT2D eigenvalue weighted by Gasteiger charge is 2.33. The van der Waals surface area contributed by atoms with E-state index in [1.54, 1.807) is 14.2 Å². The van der Waals surface area contributed by atoms with E-state index in [0.29, 0.717) is 11.5 Å². The van der Waals surface area contributed by atoms with Crippen molar-refractivity contribution >= 4 is 18.3 Å². The van der Waals surface area contributed by atoms with E-state index in [2.05, 4.69) is 28.0 Å². The number of likely N-dealkylation sites (tertiary alicyclic amines) is 1. The van der Waals surface area contributed by atoms with Crippen LogP contribution in [0, 0.1) is 0 Å². The van der Waals surface area contributed by atoms with Gasteiger partial charge in [0.1, 0.15) is 5.75 Å². The minimum atomic E-state index is 0. The lowest BCUT2D eigenvalue weighted by Crippen LogP contribution is -2.52. The maximum absolute atomic E-state index is 13.4. The predicted octanol–water partition coefficient (Wildman–Crippen LogP) is 4.55. The van der Waals surface area contributed by atoms with Crippen LogP contribution >= 0.6 is 12.4 Å². The van der Waals surface area contributed by atoms with Gasteiger partial charge in [0.25, 0.3) is 5.91 Å². The van der Waals surface area contributed by atoms with E-state index >= 15 is 0 Å². The average molecular weight is 501 g/mol. The summed E-state index contributed by atoms with van der Waals surface area (Å²) in [6.07, 6.45) is 7.70. The summed E-state index contributed by atoms with van der Waals surface area (Å²) in [5.74, 6) is 2.43. The molecule has 2 aromatic carbocycles. The fourth-order valence-corrected chi connectivity index (χ4v) is 5.78. The van der Waals surface area contributed by atoms with Crippen molar-refractivity contribution in [2.75, 3.05) is 47.0 Å². The number of nitrogens with zero attached hydrogens (tertiary/aromatic N) is 2. The molecule has 1 fully saturated rings. The van der Waals surface area contributed by atoms with Gasteiger partial charge >= 0.3 is 0 Å². The highest BCUT2D eigenvalue weighted by Crippen LogP contribution is 2.34. The van der Waals surface area contributed by atoms with E-state index in [1.165, 1.54) is 30.4 Å². The summed E-state index contributed by atoms with van der Waals surface area (Å²) < 4.78 is 16.9. The Morgan fingerprint density at radius 2 is 1.71 bits per heavy atom. The maximum Gasteiger partial charge on any atom is 0.254 e. The standard InChI is InChI=1S/C28H36N2O4.ClH/c1-32-26-17-22-11-14-30(28(31)25(22)18-27(26)33-2)23-8-4-12-29(19-23)13-5-15-34-24-10-9-20-6-3-7-21(20)16-24;/h9-10,16-18,23H,3-8,11-15,19H2,1-2H3;1H. The van der Waals surface area contributed by atoms with Gasteiger partial charge in [0.2, 0.25) is 0 Å². The van der Waals surface area contributed by atoms with Crippen LogP contribution in [-0.2, 0) is 19.3 Å². The highest BCUT2D eigenvalue weighted by atomic mass is 35.5. The summed E-state index contributed by atoms with van der Waals surface area (Å²) in [6.45, 7) is 4.54. The molecular weight excluding hydrogens is 464 g/mol. The van der Waals surface area contributed by atoms with Gasteiger partial charge in [-0.1, -0.05) is 6.07 Å². The first-order chi connectivity index (χ1) is 16.7. The molecule has 2 aromatic rings. The van der Waals surface area contributed by atoms with Crippen LogP contribution in [0.4, 0.5) is 0 Å². The molecule has 0 N–H and O–H groups in total. The van der Waals surface area contributed by atoms with Crippen molar-refractivity contribution in [3.05, 3.63) is 52.6 Å². The van der Waals surface area contributed by atoms with Gasteiger partial charge in [0.15, 0.2) is 11.5 Å². The molecule has 1 aliphatic carbocycles. The first-order valence-corrected chi connectivity index (χ1v) is 12.7. The first kappa shape index (κ1) is 25.6. The molecule has 1 saturated heterocycles. The molecule has 0 bridgehead atoms. The Bertz CT molecular complexity index is 1040. The summed E-state index contributed by atoms with van der Waals surface area (Å²) >= 11 is 0. The lowest BCUT2D eigenvalue weighted by Gasteiger charge is -2.41. The number of carbonyl (C=O) groups is 1. The van der Waals surface area contributed by atoms with Gasteiger partial charge in [0, 0.05) is 31.2 Å². The van der Waals surface area contributed by atoms with Crippen molar-refractivity contribution in [2.24, 2.45) is 0 Å². The number of piperidine rings is 1. The van der Waals surface area contributed by atoms with Crippen LogP contribution < -0.4 is 14.2 Å². The summed E-state index contributed by atoms with van der Waals surface area (Å²) in [6, 6.07) is 10.6. The van der Waals surface area contributed by atoms with Gasteiger partial charge in [-0.05, 0) is 92.4 Å².